The van der Waals surface area contributed by atoms with E-state index in [0.29, 0.717) is 35.1 Å². The van der Waals surface area contributed by atoms with Crippen molar-refractivity contribution in [2.75, 3.05) is 13.1 Å². The molecule has 1 heterocycles. The second-order valence-corrected chi connectivity index (χ2v) is 9.96. The fraction of sp³-hybridized carbons (Fsp3) is 0.286. The lowest BCUT2D eigenvalue weighted by atomic mass is 10.1. The van der Waals surface area contributed by atoms with Crippen LogP contribution in [0.2, 0.25) is 5.02 Å². The first-order valence-electron chi connectivity index (χ1n) is 9.41. The molecule has 1 aliphatic heterocycles. The summed E-state index contributed by atoms with van der Waals surface area (Å²) in [5.74, 6) is -0.240. The SMILES string of the molecule is O=C(NCc1ccc(S(=O)(=O)N2CCCC2)cc1)C1=C(Cl)c2cc(Cl)ccc2C1. The van der Waals surface area contributed by atoms with Gasteiger partial charge in [-0.25, -0.2) is 8.42 Å². The number of halogens is 2. The van der Waals surface area contributed by atoms with Crippen LogP contribution in [0.25, 0.3) is 5.03 Å². The Morgan fingerprint density at radius 3 is 2.41 bits per heavy atom. The first-order chi connectivity index (χ1) is 13.9. The molecule has 0 bridgehead atoms. The van der Waals surface area contributed by atoms with Crippen LogP contribution in [-0.4, -0.2) is 31.7 Å². The van der Waals surface area contributed by atoms with Crippen LogP contribution >= 0.6 is 23.2 Å². The number of sulfonamides is 1. The molecule has 1 saturated heterocycles. The number of carbonyl (C=O) groups is 1. The van der Waals surface area contributed by atoms with Crippen LogP contribution in [0.4, 0.5) is 0 Å². The molecule has 152 valence electrons. The van der Waals surface area contributed by atoms with E-state index in [0.717, 1.165) is 29.5 Å². The van der Waals surface area contributed by atoms with Crippen LogP contribution in [0.5, 0.6) is 0 Å². The lowest BCUT2D eigenvalue weighted by Crippen LogP contribution is -2.28. The van der Waals surface area contributed by atoms with Gasteiger partial charge in [0, 0.05) is 36.7 Å². The third-order valence-corrected chi connectivity index (χ3v) is 7.87. The largest absolute Gasteiger partial charge is 0.348 e. The smallest absolute Gasteiger partial charge is 0.249 e. The molecule has 29 heavy (non-hydrogen) atoms. The molecule has 0 unspecified atom stereocenters. The molecule has 8 heteroatoms. The topological polar surface area (TPSA) is 66.5 Å². The predicted molar refractivity (Wildman–Crippen MR) is 114 cm³/mol. The number of hydrogen-bond donors (Lipinski definition) is 1. The Labute approximate surface area is 180 Å². The molecule has 5 nitrogen and oxygen atoms in total. The number of hydrogen-bond acceptors (Lipinski definition) is 3. The maximum absolute atomic E-state index is 12.6. The summed E-state index contributed by atoms with van der Waals surface area (Å²) >= 11 is 12.4. The highest BCUT2D eigenvalue weighted by molar-refractivity contribution is 7.89. The van der Waals surface area contributed by atoms with E-state index in [1.54, 1.807) is 36.4 Å². The molecule has 2 aromatic rings. The fourth-order valence-electron chi connectivity index (χ4n) is 3.66. The second kappa shape index (κ2) is 8.11. The van der Waals surface area contributed by atoms with Crippen LogP contribution in [0, 0.1) is 0 Å². The Balaban J connectivity index is 1.41. The maximum Gasteiger partial charge on any atom is 0.249 e. The minimum atomic E-state index is -3.43. The van der Waals surface area contributed by atoms with Gasteiger partial charge >= 0.3 is 0 Å². The van der Waals surface area contributed by atoms with E-state index in [1.807, 2.05) is 6.07 Å². The summed E-state index contributed by atoms with van der Waals surface area (Å²) in [7, 11) is -3.43. The number of nitrogens with one attached hydrogen (secondary N) is 1. The van der Waals surface area contributed by atoms with Crippen molar-refractivity contribution >= 4 is 44.2 Å². The van der Waals surface area contributed by atoms with Crippen molar-refractivity contribution in [1.29, 1.82) is 0 Å². The summed E-state index contributed by atoms with van der Waals surface area (Å²) in [4.78, 5) is 12.9. The molecule has 0 saturated carbocycles. The molecule has 1 aliphatic carbocycles. The third kappa shape index (κ3) is 4.08. The Hall–Kier alpha value is -1.86. The molecule has 0 aromatic heterocycles. The van der Waals surface area contributed by atoms with Gasteiger partial charge in [0.2, 0.25) is 15.9 Å². The van der Waals surface area contributed by atoms with Crippen LogP contribution in [0.1, 0.15) is 29.5 Å². The maximum atomic E-state index is 12.6. The van der Waals surface area contributed by atoms with Gasteiger partial charge in [-0.2, -0.15) is 4.31 Å². The van der Waals surface area contributed by atoms with Crippen molar-refractivity contribution in [2.24, 2.45) is 0 Å². The molecule has 1 N–H and O–H groups in total. The Kier molecular flexibility index (Phi) is 5.71. The van der Waals surface area contributed by atoms with Gasteiger partial charge in [-0.05, 0) is 53.8 Å². The van der Waals surface area contributed by atoms with Crippen molar-refractivity contribution in [2.45, 2.75) is 30.7 Å². The summed E-state index contributed by atoms with van der Waals surface area (Å²) in [6.07, 6.45) is 2.26. The Morgan fingerprint density at radius 1 is 1.03 bits per heavy atom. The van der Waals surface area contributed by atoms with E-state index < -0.39 is 10.0 Å². The quantitative estimate of drug-likeness (QED) is 0.749. The summed E-state index contributed by atoms with van der Waals surface area (Å²) in [6, 6.07) is 12.1. The number of nitrogens with zero attached hydrogens (tertiary/aromatic N) is 1. The molecule has 0 atom stereocenters. The van der Waals surface area contributed by atoms with E-state index in [2.05, 4.69) is 5.32 Å². The molecule has 0 radical (unpaired) electrons. The molecular formula is C21H20Cl2N2O3S. The van der Waals surface area contributed by atoms with Gasteiger partial charge < -0.3 is 5.32 Å². The van der Waals surface area contributed by atoms with Gasteiger partial charge in [0.15, 0.2) is 0 Å². The zero-order valence-electron chi connectivity index (χ0n) is 15.6. The van der Waals surface area contributed by atoms with Crippen LogP contribution < -0.4 is 5.32 Å². The highest BCUT2D eigenvalue weighted by Crippen LogP contribution is 2.37. The second-order valence-electron chi connectivity index (χ2n) is 7.21. The van der Waals surface area contributed by atoms with E-state index in [1.165, 1.54) is 4.31 Å². The standard InChI is InChI=1S/C21H20Cl2N2O3S/c22-16-6-5-15-11-19(20(23)18(15)12-16)21(26)24-13-14-3-7-17(8-4-14)29(27,28)25-9-1-2-10-25/h3-8,12H,1-2,9-11,13H2,(H,24,26). The van der Waals surface area contributed by atoms with Gasteiger partial charge in [0.25, 0.3) is 0 Å². The number of amides is 1. The summed E-state index contributed by atoms with van der Waals surface area (Å²) < 4.78 is 26.7. The van der Waals surface area contributed by atoms with Crippen LogP contribution in [0.3, 0.4) is 0 Å². The van der Waals surface area contributed by atoms with Crippen LogP contribution in [0.15, 0.2) is 52.9 Å². The summed E-state index contributed by atoms with van der Waals surface area (Å²) in [5, 5.41) is 3.86. The molecule has 1 amide bonds. The average molecular weight is 451 g/mol. The van der Waals surface area contributed by atoms with Crippen molar-refractivity contribution in [3.63, 3.8) is 0 Å². The number of fused-ring (bicyclic) bond motifs is 1. The fourth-order valence-corrected chi connectivity index (χ4v) is 5.68. The Bertz CT molecular complexity index is 1090. The van der Waals surface area contributed by atoms with Crippen LogP contribution in [-0.2, 0) is 27.8 Å². The van der Waals surface area contributed by atoms with Crippen molar-refractivity contribution < 1.29 is 13.2 Å². The van der Waals surface area contributed by atoms with Gasteiger partial charge in [0.1, 0.15) is 0 Å². The molecule has 2 aromatic carbocycles. The first kappa shape index (κ1) is 20.4. The van der Waals surface area contributed by atoms with E-state index in [9.17, 15) is 13.2 Å². The number of rotatable bonds is 5. The lowest BCUT2D eigenvalue weighted by molar-refractivity contribution is -0.117. The Morgan fingerprint density at radius 2 is 1.72 bits per heavy atom. The first-order valence-corrected chi connectivity index (χ1v) is 11.6. The van der Waals surface area contributed by atoms with E-state index in [4.69, 9.17) is 23.2 Å². The molecule has 0 spiro atoms. The average Bonchev–Trinajstić information content (AvgIpc) is 3.36. The summed E-state index contributed by atoms with van der Waals surface area (Å²) in [6.45, 7) is 1.43. The molecular weight excluding hydrogens is 431 g/mol. The van der Waals surface area contributed by atoms with E-state index >= 15 is 0 Å². The van der Waals surface area contributed by atoms with Gasteiger partial charge in [0.05, 0.1) is 9.93 Å². The highest BCUT2D eigenvalue weighted by Gasteiger charge is 2.27. The van der Waals surface area contributed by atoms with Crippen molar-refractivity contribution in [3.8, 4) is 0 Å². The third-order valence-electron chi connectivity index (χ3n) is 5.29. The van der Waals surface area contributed by atoms with Gasteiger partial charge in [-0.15, -0.1) is 0 Å². The molecule has 2 aliphatic rings. The molecule has 4 rings (SSSR count). The zero-order valence-corrected chi connectivity index (χ0v) is 17.9. The lowest BCUT2D eigenvalue weighted by Gasteiger charge is -2.15. The molecule has 1 fully saturated rings. The predicted octanol–water partition coefficient (Wildman–Crippen LogP) is 3.95. The number of carbonyl (C=O) groups excluding carboxylic acids is 1. The van der Waals surface area contributed by atoms with Crippen molar-refractivity contribution in [3.05, 3.63) is 69.8 Å². The van der Waals surface area contributed by atoms with Crippen molar-refractivity contribution in [1.82, 2.24) is 9.62 Å². The van der Waals surface area contributed by atoms with Gasteiger partial charge in [-0.3, -0.25) is 4.79 Å². The summed E-state index contributed by atoms with van der Waals surface area (Å²) in [5.41, 5.74) is 3.09. The van der Waals surface area contributed by atoms with E-state index in [-0.39, 0.29) is 17.3 Å². The minimum Gasteiger partial charge on any atom is -0.348 e. The minimum absolute atomic E-state index is 0.240. The number of benzene rings is 2. The van der Waals surface area contributed by atoms with Gasteiger partial charge in [-0.1, -0.05) is 41.4 Å². The highest BCUT2D eigenvalue weighted by atomic mass is 35.5. The zero-order chi connectivity index (χ0) is 20.6. The normalized spacial score (nSPS) is 16.9. The monoisotopic (exact) mass is 450 g/mol.